The molecule has 0 atom stereocenters. The van der Waals surface area contributed by atoms with Crippen molar-refractivity contribution in [2.24, 2.45) is 0 Å². The highest BCUT2D eigenvalue weighted by Gasteiger charge is 2.16. The minimum atomic E-state index is -0.454. The predicted molar refractivity (Wildman–Crippen MR) is 89.7 cm³/mol. The van der Waals surface area contributed by atoms with Crippen molar-refractivity contribution < 1.29 is 9.21 Å². The molecule has 1 aliphatic rings. The number of aryl methyl sites for hydroxylation is 1. The molecular formula is C17H21ClN2O3. The Kier molecular flexibility index (Phi) is 5.06. The Morgan fingerprint density at radius 2 is 2.00 bits per heavy atom. The van der Waals surface area contributed by atoms with Gasteiger partial charge in [0.25, 0.3) is 0 Å². The summed E-state index contributed by atoms with van der Waals surface area (Å²) >= 11 is 5.89. The highest BCUT2D eigenvalue weighted by molar-refractivity contribution is 6.31. The van der Waals surface area contributed by atoms with Crippen molar-refractivity contribution in [3.63, 3.8) is 0 Å². The van der Waals surface area contributed by atoms with Crippen LogP contribution in [0.15, 0.2) is 27.4 Å². The number of aromatic nitrogens is 1. The fourth-order valence-corrected chi connectivity index (χ4v) is 3.35. The topological polar surface area (TPSA) is 64.2 Å². The second-order valence-corrected chi connectivity index (χ2v) is 6.57. The monoisotopic (exact) mass is 336 g/mol. The lowest BCUT2D eigenvalue weighted by molar-refractivity contribution is -0.122. The van der Waals surface area contributed by atoms with E-state index in [-0.39, 0.29) is 18.4 Å². The van der Waals surface area contributed by atoms with Crippen LogP contribution in [-0.4, -0.2) is 16.5 Å². The maximum atomic E-state index is 12.1. The second kappa shape index (κ2) is 7.21. The summed E-state index contributed by atoms with van der Waals surface area (Å²) in [5.74, 6) is -0.461. The summed E-state index contributed by atoms with van der Waals surface area (Å²) in [5.41, 5.74) is 1.12. The van der Waals surface area contributed by atoms with Crippen LogP contribution in [-0.2, 0) is 11.3 Å². The van der Waals surface area contributed by atoms with Gasteiger partial charge in [0.1, 0.15) is 0 Å². The van der Waals surface area contributed by atoms with E-state index in [2.05, 4.69) is 5.32 Å². The van der Waals surface area contributed by atoms with Gasteiger partial charge in [-0.1, -0.05) is 37.3 Å². The molecule has 5 nitrogen and oxygen atoms in total. The van der Waals surface area contributed by atoms with Gasteiger partial charge in [0.05, 0.1) is 5.52 Å². The van der Waals surface area contributed by atoms with Crippen LogP contribution in [0, 0.1) is 0 Å². The lowest BCUT2D eigenvalue weighted by Gasteiger charge is -2.16. The Hall–Kier alpha value is -1.75. The molecule has 0 aliphatic heterocycles. The van der Waals surface area contributed by atoms with Crippen molar-refractivity contribution in [2.45, 2.75) is 57.5 Å². The van der Waals surface area contributed by atoms with Gasteiger partial charge in [-0.3, -0.25) is 9.36 Å². The van der Waals surface area contributed by atoms with E-state index in [1.807, 2.05) is 0 Å². The van der Waals surface area contributed by atoms with Crippen molar-refractivity contribution in [1.29, 1.82) is 0 Å². The number of hydrogen-bond acceptors (Lipinski definition) is 3. The van der Waals surface area contributed by atoms with Crippen LogP contribution >= 0.6 is 11.6 Å². The Morgan fingerprint density at radius 1 is 1.26 bits per heavy atom. The number of carbonyl (C=O) groups excluding carboxylic acids is 1. The average Bonchev–Trinajstić information content (AvgIpc) is 2.67. The third-order valence-electron chi connectivity index (χ3n) is 4.41. The molecule has 1 aromatic carbocycles. The number of hydrogen-bond donors (Lipinski definition) is 1. The fourth-order valence-electron chi connectivity index (χ4n) is 3.19. The molecule has 23 heavy (non-hydrogen) atoms. The average molecular weight is 337 g/mol. The molecule has 1 heterocycles. The van der Waals surface area contributed by atoms with Crippen LogP contribution in [0.3, 0.4) is 0 Å². The molecule has 1 aromatic heterocycles. The summed E-state index contributed by atoms with van der Waals surface area (Å²) < 4.78 is 6.65. The summed E-state index contributed by atoms with van der Waals surface area (Å²) in [6.07, 6.45) is 7.25. The molecule has 6 heteroatoms. The van der Waals surface area contributed by atoms with E-state index in [0.29, 0.717) is 22.7 Å². The molecule has 1 fully saturated rings. The quantitative estimate of drug-likeness (QED) is 0.869. The number of rotatable bonds is 4. The number of benzene rings is 1. The van der Waals surface area contributed by atoms with E-state index in [1.54, 1.807) is 18.2 Å². The molecule has 124 valence electrons. The molecule has 2 aromatic rings. The summed E-state index contributed by atoms with van der Waals surface area (Å²) in [7, 11) is 0. The maximum absolute atomic E-state index is 12.1. The summed E-state index contributed by atoms with van der Waals surface area (Å²) in [4.78, 5) is 24.1. The van der Waals surface area contributed by atoms with Crippen molar-refractivity contribution in [1.82, 2.24) is 9.88 Å². The van der Waals surface area contributed by atoms with Gasteiger partial charge < -0.3 is 9.73 Å². The van der Waals surface area contributed by atoms with Crippen LogP contribution in [0.2, 0.25) is 5.02 Å². The van der Waals surface area contributed by atoms with Crippen molar-refractivity contribution in [3.05, 3.63) is 33.8 Å². The first-order chi connectivity index (χ1) is 11.1. The van der Waals surface area contributed by atoms with E-state index < -0.39 is 5.76 Å². The Bertz CT molecular complexity index is 742. The van der Waals surface area contributed by atoms with Crippen LogP contribution < -0.4 is 11.1 Å². The van der Waals surface area contributed by atoms with Gasteiger partial charge in [-0.2, -0.15) is 0 Å². The number of carbonyl (C=O) groups is 1. The molecule has 1 N–H and O–H groups in total. The number of fused-ring (bicyclic) bond motifs is 1. The minimum Gasteiger partial charge on any atom is -0.408 e. The fraction of sp³-hybridized carbons (Fsp3) is 0.529. The van der Waals surface area contributed by atoms with Crippen LogP contribution in [0.5, 0.6) is 0 Å². The first-order valence-corrected chi connectivity index (χ1v) is 8.59. The summed E-state index contributed by atoms with van der Waals surface area (Å²) in [6.45, 7) is 0.312. The standard InChI is InChI=1S/C17H21ClN2O3/c18-12-7-8-14-15(11-12)23-17(22)20(14)10-9-16(21)19-13-5-3-1-2-4-6-13/h7-8,11,13H,1-6,9-10H2,(H,19,21). The summed E-state index contributed by atoms with van der Waals surface area (Å²) in [5, 5.41) is 3.61. The van der Waals surface area contributed by atoms with Crippen LogP contribution in [0.4, 0.5) is 0 Å². The number of oxazole rings is 1. The zero-order valence-corrected chi connectivity index (χ0v) is 13.8. The minimum absolute atomic E-state index is 0.00730. The molecule has 0 bridgehead atoms. The number of amides is 1. The zero-order chi connectivity index (χ0) is 16.2. The predicted octanol–water partition coefficient (Wildman–Crippen LogP) is 3.48. The van der Waals surface area contributed by atoms with Gasteiger partial charge in [-0.05, 0) is 25.0 Å². The molecule has 0 spiro atoms. The number of halogens is 1. The molecule has 0 unspecified atom stereocenters. The maximum Gasteiger partial charge on any atom is 0.419 e. The largest absolute Gasteiger partial charge is 0.419 e. The molecule has 1 saturated carbocycles. The molecular weight excluding hydrogens is 316 g/mol. The van der Waals surface area contributed by atoms with Crippen LogP contribution in [0.25, 0.3) is 11.1 Å². The molecule has 0 radical (unpaired) electrons. The number of nitrogens with zero attached hydrogens (tertiary/aromatic N) is 1. The smallest absolute Gasteiger partial charge is 0.408 e. The van der Waals surface area contributed by atoms with Crippen molar-refractivity contribution in [2.75, 3.05) is 0 Å². The summed E-state index contributed by atoms with van der Waals surface area (Å²) in [6, 6.07) is 5.34. The van der Waals surface area contributed by atoms with Gasteiger partial charge in [-0.15, -0.1) is 0 Å². The third-order valence-corrected chi connectivity index (χ3v) is 4.65. The van der Waals surface area contributed by atoms with Crippen molar-refractivity contribution in [3.8, 4) is 0 Å². The lowest BCUT2D eigenvalue weighted by Crippen LogP contribution is -2.35. The second-order valence-electron chi connectivity index (χ2n) is 6.14. The molecule has 3 rings (SSSR count). The Labute approximate surface area is 139 Å². The van der Waals surface area contributed by atoms with E-state index in [0.717, 1.165) is 12.8 Å². The van der Waals surface area contributed by atoms with Gasteiger partial charge in [-0.25, -0.2) is 4.79 Å². The van der Waals surface area contributed by atoms with Gasteiger partial charge >= 0.3 is 5.76 Å². The first-order valence-electron chi connectivity index (χ1n) is 8.22. The highest BCUT2D eigenvalue weighted by Crippen LogP contribution is 2.19. The SMILES string of the molecule is O=C(CCn1c(=O)oc2cc(Cl)ccc21)NC1CCCCCC1. The normalized spacial score (nSPS) is 16.4. The van der Waals surface area contributed by atoms with Crippen LogP contribution in [0.1, 0.15) is 44.9 Å². The highest BCUT2D eigenvalue weighted by atomic mass is 35.5. The molecule has 1 amide bonds. The number of nitrogens with one attached hydrogen (secondary N) is 1. The van der Waals surface area contributed by atoms with Gasteiger partial charge in [0.15, 0.2) is 5.58 Å². The molecule has 1 aliphatic carbocycles. The van der Waals surface area contributed by atoms with E-state index in [4.69, 9.17) is 16.0 Å². The lowest BCUT2D eigenvalue weighted by atomic mass is 10.1. The van der Waals surface area contributed by atoms with E-state index in [9.17, 15) is 9.59 Å². The third kappa shape index (κ3) is 3.96. The van der Waals surface area contributed by atoms with E-state index >= 15 is 0 Å². The van der Waals surface area contributed by atoms with Gasteiger partial charge in [0, 0.05) is 30.1 Å². The van der Waals surface area contributed by atoms with Gasteiger partial charge in [0.2, 0.25) is 5.91 Å². The Morgan fingerprint density at radius 3 is 2.74 bits per heavy atom. The Balaban J connectivity index is 1.62. The van der Waals surface area contributed by atoms with E-state index in [1.165, 1.54) is 30.3 Å². The molecule has 0 saturated heterocycles. The van der Waals surface area contributed by atoms with Crippen molar-refractivity contribution >= 4 is 28.6 Å². The first kappa shape index (κ1) is 16.1. The zero-order valence-electron chi connectivity index (χ0n) is 13.0.